The van der Waals surface area contributed by atoms with Crippen molar-refractivity contribution in [3.63, 3.8) is 0 Å². The summed E-state index contributed by atoms with van der Waals surface area (Å²) >= 11 is 0. The first-order valence-electron chi connectivity index (χ1n) is 6.67. The van der Waals surface area contributed by atoms with Gasteiger partial charge < -0.3 is 9.67 Å². The molecule has 1 saturated carbocycles. The standard InChI is InChI=1S/C14H13F3N2O2/c15-14(16,17)13-18-10-6-9(12(20)21)4-5-11(10)19(13)7-8-2-1-3-8/h4-6,8H,1-3,7H2,(H,20,21). The third kappa shape index (κ3) is 2.48. The molecule has 0 saturated heterocycles. The molecule has 1 aliphatic carbocycles. The molecular weight excluding hydrogens is 285 g/mol. The summed E-state index contributed by atoms with van der Waals surface area (Å²) in [4.78, 5) is 14.5. The lowest BCUT2D eigenvalue weighted by Crippen LogP contribution is -2.22. The van der Waals surface area contributed by atoms with Crippen LogP contribution < -0.4 is 0 Å². The van der Waals surface area contributed by atoms with E-state index in [0.717, 1.165) is 19.3 Å². The minimum Gasteiger partial charge on any atom is -0.478 e. The first-order valence-corrected chi connectivity index (χ1v) is 6.67. The fourth-order valence-corrected chi connectivity index (χ4v) is 2.60. The Hall–Kier alpha value is -2.05. The molecule has 1 aromatic heterocycles. The number of carboxylic acids is 1. The molecule has 3 rings (SSSR count). The summed E-state index contributed by atoms with van der Waals surface area (Å²) < 4.78 is 40.5. The highest BCUT2D eigenvalue weighted by Gasteiger charge is 2.38. The summed E-state index contributed by atoms with van der Waals surface area (Å²) in [5.74, 6) is -1.89. The van der Waals surface area contributed by atoms with Crippen LogP contribution in [0.4, 0.5) is 13.2 Å². The Kier molecular flexibility index (Phi) is 3.15. The third-order valence-corrected chi connectivity index (χ3v) is 3.91. The van der Waals surface area contributed by atoms with Gasteiger partial charge in [0.05, 0.1) is 16.6 Å². The highest BCUT2D eigenvalue weighted by molar-refractivity contribution is 5.92. The van der Waals surface area contributed by atoms with Crippen molar-refractivity contribution in [3.05, 3.63) is 29.6 Å². The molecule has 1 aromatic carbocycles. The zero-order valence-electron chi connectivity index (χ0n) is 11.0. The number of benzene rings is 1. The average molecular weight is 298 g/mol. The largest absolute Gasteiger partial charge is 0.478 e. The van der Waals surface area contributed by atoms with E-state index in [1.54, 1.807) is 0 Å². The minimum absolute atomic E-state index is 0.0653. The highest BCUT2D eigenvalue weighted by Crippen LogP contribution is 2.35. The van der Waals surface area contributed by atoms with Gasteiger partial charge in [0, 0.05) is 6.54 Å². The van der Waals surface area contributed by atoms with E-state index in [1.165, 1.54) is 22.8 Å². The van der Waals surface area contributed by atoms with Gasteiger partial charge in [-0.2, -0.15) is 13.2 Å². The van der Waals surface area contributed by atoms with E-state index in [4.69, 9.17) is 5.11 Å². The molecule has 0 amide bonds. The van der Waals surface area contributed by atoms with Crippen LogP contribution in [0.1, 0.15) is 35.4 Å². The minimum atomic E-state index is -4.55. The molecule has 1 N–H and O–H groups in total. The van der Waals surface area contributed by atoms with Gasteiger partial charge in [-0.15, -0.1) is 0 Å². The lowest BCUT2D eigenvalue weighted by atomic mass is 9.85. The SMILES string of the molecule is O=C(O)c1ccc2c(c1)nc(C(F)(F)F)n2CC1CCC1. The van der Waals surface area contributed by atoms with Crippen LogP contribution in [0.5, 0.6) is 0 Å². The highest BCUT2D eigenvalue weighted by atomic mass is 19.4. The van der Waals surface area contributed by atoms with Crippen molar-refractivity contribution < 1.29 is 23.1 Å². The average Bonchev–Trinajstić information content (AvgIpc) is 2.71. The number of aromatic nitrogens is 2. The fourth-order valence-electron chi connectivity index (χ4n) is 2.60. The van der Waals surface area contributed by atoms with Crippen molar-refractivity contribution in [3.8, 4) is 0 Å². The van der Waals surface area contributed by atoms with Gasteiger partial charge in [0.2, 0.25) is 5.82 Å². The van der Waals surface area contributed by atoms with Crippen molar-refractivity contribution in [2.24, 2.45) is 5.92 Å². The molecule has 7 heteroatoms. The summed E-state index contributed by atoms with van der Waals surface area (Å²) in [6.07, 6.45) is -1.66. The Morgan fingerprint density at radius 3 is 2.62 bits per heavy atom. The summed E-state index contributed by atoms with van der Waals surface area (Å²) in [5, 5.41) is 8.92. The van der Waals surface area contributed by atoms with Crippen LogP contribution in [-0.4, -0.2) is 20.6 Å². The van der Waals surface area contributed by atoms with E-state index < -0.39 is 18.0 Å². The number of carboxylic acid groups (broad SMARTS) is 1. The van der Waals surface area contributed by atoms with Gasteiger partial charge in [-0.1, -0.05) is 6.42 Å². The maximum absolute atomic E-state index is 13.1. The molecule has 0 unspecified atom stereocenters. The molecule has 1 aliphatic rings. The van der Waals surface area contributed by atoms with Crippen LogP contribution in [0.25, 0.3) is 11.0 Å². The van der Waals surface area contributed by atoms with Gasteiger partial charge in [-0.25, -0.2) is 9.78 Å². The molecule has 1 heterocycles. The van der Waals surface area contributed by atoms with Crippen molar-refractivity contribution in [2.45, 2.75) is 32.0 Å². The first-order chi connectivity index (χ1) is 9.86. The van der Waals surface area contributed by atoms with E-state index in [2.05, 4.69) is 4.98 Å². The second-order valence-corrected chi connectivity index (χ2v) is 5.35. The van der Waals surface area contributed by atoms with E-state index in [-0.39, 0.29) is 23.5 Å². The van der Waals surface area contributed by atoms with Gasteiger partial charge in [-0.05, 0) is 37.0 Å². The monoisotopic (exact) mass is 298 g/mol. The predicted molar refractivity (Wildman–Crippen MR) is 69.0 cm³/mol. The van der Waals surface area contributed by atoms with Crippen molar-refractivity contribution >= 4 is 17.0 Å². The number of imidazole rings is 1. The van der Waals surface area contributed by atoms with Crippen molar-refractivity contribution in [1.29, 1.82) is 0 Å². The number of nitrogens with zero attached hydrogens (tertiary/aromatic N) is 2. The third-order valence-electron chi connectivity index (χ3n) is 3.91. The van der Waals surface area contributed by atoms with Gasteiger partial charge in [0.15, 0.2) is 0 Å². The molecule has 2 aromatic rings. The fraction of sp³-hybridized carbons (Fsp3) is 0.429. The van der Waals surface area contributed by atoms with Crippen molar-refractivity contribution in [1.82, 2.24) is 9.55 Å². The molecule has 0 aliphatic heterocycles. The molecule has 0 bridgehead atoms. The molecule has 112 valence electrons. The Bertz CT molecular complexity index is 702. The maximum Gasteiger partial charge on any atom is 0.449 e. The number of hydrogen-bond acceptors (Lipinski definition) is 2. The lowest BCUT2D eigenvalue weighted by molar-refractivity contribution is -0.147. The Morgan fingerprint density at radius 2 is 2.10 bits per heavy atom. The second kappa shape index (κ2) is 4.75. The molecule has 21 heavy (non-hydrogen) atoms. The van der Waals surface area contributed by atoms with Gasteiger partial charge in [-0.3, -0.25) is 0 Å². The predicted octanol–water partition coefficient (Wildman–Crippen LogP) is 3.55. The lowest BCUT2D eigenvalue weighted by Gasteiger charge is -2.26. The number of halogens is 3. The maximum atomic E-state index is 13.1. The smallest absolute Gasteiger partial charge is 0.449 e. The van der Waals surface area contributed by atoms with Gasteiger partial charge >= 0.3 is 12.1 Å². The number of fused-ring (bicyclic) bond motifs is 1. The summed E-state index contributed by atoms with van der Waals surface area (Å²) in [6.45, 7) is 0.276. The van der Waals surface area contributed by atoms with Crippen LogP contribution >= 0.6 is 0 Å². The van der Waals surface area contributed by atoms with Crippen LogP contribution in [0.2, 0.25) is 0 Å². The number of alkyl halides is 3. The molecule has 1 fully saturated rings. The number of hydrogen-bond donors (Lipinski definition) is 1. The Morgan fingerprint density at radius 1 is 1.38 bits per heavy atom. The number of rotatable bonds is 3. The topological polar surface area (TPSA) is 55.1 Å². The summed E-state index contributed by atoms with van der Waals surface area (Å²) in [7, 11) is 0. The van der Waals surface area contributed by atoms with Gasteiger partial charge in [0.25, 0.3) is 0 Å². The van der Waals surface area contributed by atoms with Crippen LogP contribution in [-0.2, 0) is 12.7 Å². The molecular formula is C14H13F3N2O2. The van der Waals surface area contributed by atoms with E-state index >= 15 is 0 Å². The van der Waals surface area contributed by atoms with Crippen LogP contribution in [0.3, 0.4) is 0 Å². The van der Waals surface area contributed by atoms with Gasteiger partial charge in [0.1, 0.15) is 0 Å². The quantitative estimate of drug-likeness (QED) is 0.942. The zero-order chi connectivity index (χ0) is 15.2. The molecule has 0 radical (unpaired) electrons. The first kappa shape index (κ1) is 13.9. The van der Waals surface area contributed by atoms with E-state index in [0.29, 0.717) is 5.52 Å². The second-order valence-electron chi connectivity index (χ2n) is 5.35. The Balaban J connectivity index is 2.13. The Labute approximate surface area is 118 Å². The van der Waals surface area contributed by atoms with Crippen LogP contribution in [0, 0.1) is 5.92 Å². The van der Waals surface area contributed by atoms with E-state index in [1.807, 2.05) is 0 Å². The molecule has 4 nitrogen and oxygen atoms in total. The number of aromatic carboxylic acids is 1. The number of carbonyl (C=O) groups is 1. The summed E-state index contributed by atoms with van der Waals surface area (Å²) in [5.41, 5.74) is 0.338. The normalized spacial score (nSPS) is 16.1. The van der Waals surface area contributed by atoms with Crippen molar-refractivity contribution in [2.75, 3.05) is 0 Å². The van der Waals surface area contributed by atoms with Crippen LogP contribution in [0.15, 0.2) is 18.2 Å². The molecule has 0 spiro atoms. The zero-order valence-corrected chi connectivity index (χ0v) is 11.0. The van der Waals surface area contributed by atoms with E-state index in [9.17, 15) is 18.0 Å². The molecule has 0 atom stereocenters. The summed E-state index contributed by atoms with van der Waals surface area (Å²) in [6, 6.07) is 3.90.